The second-order valence-corrected chi connectivity index (χ2v) is 7.26. The van der Waals surface area contributed by atoms with E-state index in [1.54, 1.807) is 6.92 Å². The van der Waals surface area contributed by atoms with Crippen molar-refractivity contribution < 1.29 is 39.1 Å². The highest BCUT2D eigenvalue weighted by Crippen LogP contribution is 2.21. The molecule has 9 nitrogen and oxygen atoms in total. The first-order valence-corrected chi connectivity index (χ1v) is 10.2. The van der Waals surface area contributed by atoms with Crippen LogP contribution in [0.15, 0.2) is 30.3 Å². The van der Waals surface area contributed by atoms with Crippen molar-refractivity contribution in [2.75, 3.05) is 13.2 Å². The SMILES string of the molecule is CC1OC(OCCNC(=O)CCCCC(=O)OCc2ccccc2)C(O)C(O)C1O. The molecule has 4 N–H and O–H groups in total. The van der Waals surface area contributed by atoms with Gasteiger partial charge in [0.05, 0.1) is 12.7 Å². The number of aliphatic hydroxyl groups excluding tert-OH is 3. The molecule has 168 valence electrons. The topological polar surface area (TPSA) is 135 Å². The Morgan fingerprint density at radius 3 is 2.47 bits per heavy atom. The third kappa shape index (κ3) is 8.00. The molecule has 5 unspecified atom stereocenters. The third-order valence-corrected chi connectivity index (χ3v) is 4.79. The van der Waals surface area contributed by atoms with Crippen LogP contribution in [0.5, 0.6) is 0 Å². The molecule has 0 radical (unpaired) electrons. The summed E-state index contributed by atoms with van der Waals surface area (Å²) in [5.41, 5.74) is 0.929. The second-order valence-electron chi connectivity index (χ2n) is 7.26. The van der Waals surface area contributed by atoms with Gasteiger partial charge in [0.1, 0.15) is 24.9 Å². The Morgan fingerprint density at radius 2 is 1.73 bits per heavy atom. The van der Waals surface area contributed by atoms with Gasteiger partial charge >= 0.3 is 5.97 Å². The van der Waals surface area contributed by atoms with Gasteiger partial charge < -0.3 is 34.8 Å². The molecule has 1 aromatic carbocycles. The van der Waals surface area contributed by atoms with Crippen molar-refractivity contribution in [3.8, 4) is 0 Å². The first-order chi connectivity index (χ1) is 14.4. The maximum absolute atomic E-state index is 11.8. The largest absolute Gasteiger partial charge is 0.461 e. The summed E-state index contributed by atoms with van der Waals surface area (Å²) in [5, 5.41) is 31.9. The van der Waals surface area contributed by atoms with Gasteiger partial charge in [-0.25, -0.2) is 0 Å². The molecular weight excluding hydrogens is 394 g/mol. The van der Waals surface area contributed by atoms with Gasteiger partial charge in [0.15, 0.2) is 6.29 Å². The first-order valence-electron chi connectivity index (χ1n) is 10.2. The molecule has 9 heteroatoms. The molecular formula is C21H31NO8. The van der Waals surface area contributed by atoms with E-state index in [9.17, 15) is 24.9 Å². The van der Waals surface area contributed by atoms with E-state index in [4.69, 9.17) is 14.2 Å². The lowest BCUT2D eigenvalue weighted by Crippen LogP contribution is -2.57. The molecule has 1 amide bonds. The molecule has 2 rings (SSSR count). The quantitative estimate of drug-likeness (QED) is 0.293. The van der Waals surface area contributed by atoms with Gasteiger partial charge in [-0.05, 0) is 25.3 Å². The lowest BCUT2D eigenvalue weighted by molar-refractivity contribution is -0.292. The third-order valence-electron chi connectivity index (χ3n) is 4.79. The fourth-order valence-corrected chi connectivity index (χ4v) is 2.97. The highest BCUT2D eigenvalue weighted by Gasteiger charge is 2.42. The predicted octanol–water partition coefficient (Wildman–Crippen LogP) is 0.250. The number of hydrogen-bond donors (Lipinski definition) is 4. The van der Waals surface area contributed by atoms with Crippen molar-refractivity contribution in [3.05, 3.63) is 35.9 Å². The zero-order chi connectivity index (χ0) is 21.9. The Morgan fingerprint density at radius 1 is 1.03 bits per heavy atom. The minimum Gasteiger partial charge on any atom is -0.461 e. The number of nitrogens with one attached hydrogen (secondary N) is 1. The fraction of sp³-hybridized carbons (Fsp3) is 0.619. The molecule has 1 aliphatic heterocycles. The number of unbranched alkanes of at least 4 members (excludes halogenated alkanes) is 1. The van der Waals surface area contributed by atoms with Crippen molar-refractivity contribution in [1.82, 2.24) is 5.32 Å². The number of carbonyl (C=O) groups excluding carboxylic acids is 2. The van der Waals surface area contributed by atoms with Crippen LogP contribution < -0.4 is 5.32 Å². The Bertz CT molecular complexity index is 656. The summed E-state index contributed by atoms with van der Waals surface area (Å²) in [5.74, 6) is -0.467. The molecule has 0 bridgehead atoms. The molecule has 0 spiro atoms. The first kappa shape index (κ1) is 24.2. The maximum Gasteiger partial charge on any atom is 0.306 e. The molecule has 30 heavy (non-hydrogen) atoms. The molecule has 0 aliphatic carbocycles. The average molecular weight is 425 g/mol. The van der Waals surface area contributed by atoms with Gasteiger partial charge in [0.25, 0.3) is 0 Å². The standard InChI is InChI=1S/C21H31NO8/c1-14-18(25)19(26)20(27)21(30-14)28-12-11-22-16(23)9-5-6-10-17(24)29-13-15-7-3-2-4-8-15/h2-4,7-8,14,18-21,25-27H,5-6,9-13H2,1H3,(H,22,23). The average Bonchev–Trinajstić information content (AvgIpc) is 2.75. The zero-order valence-corrected chi connectivity index (χ0v) is 17.1. The van der Waals surface area contributed by atoms with Crippen LogP contribution in [0.1, 0.15) is 38.2 Å². The summed E-state index contributed by atoms with van der Waals surface area (Å²) in [6.45, 7) is 2.09. The van der Waals surface area contributed by atoms with Gasteiger partial charge in [0.2, 0.25) is 5.91 Å². The Labute approximate surface area is 175 Å². The lowest BCUT2D eigenvalue weighted by atomic mass is 10.0. The normalized spacial score (nSPS) is 26.2. The van der Waals surface area contributed by atoms with Crippen molar-refractivity contribution >= 4 is 11.9 Å². The molecule has 1 heterocycles. The lowest BCUT2D eigenvalue weighted by Gasteiger charge is -2.38. The maximum atomic E-state index is 11.8. The van der Waals surface area contributed by atoms with Crippen LogP contribution in [-0.4, -0.2) is 71.1 Å². The molecule has 1 aliphatic rings. The summed E-state index contributed by atoms with van der Waals surface area (Å²) in [4.78, 5) is 23.5. The van der Waals surface area contributed by atoms with Crippen LogP contribution in [0.4, 0.5) is 0 Å². The zero-order valence-electron chi connectivity index (χ0n) is 17.1. The summed E-state index contributed by atoms with van der Waals surface area (Å²) >= 11 is 0. The van der Waals surface area contributed by atoms with Crippen molar-refractivity contribution in [3.63, 3.8) is 0 Å². The van der Waals surface area contributed by atoms with E-state index in [-0.39, 0.29) is 44.5 Å². The van der Waals surface area contributed by atoms with E-state index in [0.29, 0.717) is 12.8 Å². The summed E-state index contributed by atoms with van der Waals surface area (Å²) < 4.78 is 15.8. The van der Waals surface area contributed by atoms with Gasteiger partial charge in [-0.2, -0.15) is 0 Å². The van der Waals surface area contributed by atoms with Gasteiger partial charge in [-0.15, -0.1) is 0 Å². The van der Waals surface area contributed by atoms with Crippen molar-refractivity contribution in [2.24, 2.45) is 0 Å². The van der Waals surface area contributed by atoms with Gasteiger partial charge in [-0.1, -0.05) is 30.3 Å². The molecule has 1 aromatic rings. The number of aliphatic hydroxyl groups is 3. The second kappa shape index (κ2) is 12.6. The van der Waals surface area contributed by atoms with Crippen LogP contribution in [0.25, 0.3) is 0 Å². The molecule has 0 aromatic heterocycles. The van der Waals surface area contributed by atoms with E-state index < -0.39 is 30.7 Å². The van der Waals surface area contributed by atoms with Crippen LogP contribution in [0, 0.1) is 0 Å². The highest BCUT2D eigenvalue weighted by molar-refractivity contribution is 5.75. The van der Waals surface area contributed by atoms with Crippen molar-refractivity contribution in [1.29, 1.82) is 0 Å². The number of hydrogen-bond acceptors (Lipinski definition) is 8. The van der Waals surface area contributed by atoms with Gasteiger partial charge in [-0.3, -0.25) is 9.59 Å². The number of benzene rings is 1. The Kier molecular flexibility index (Phi) is 10.2. The Balaban J connectivity index is 1.49. The van der Waals surface area contributed by atoms with Crippen LogP contribution >= 0.6 is 0 Å². The molecule has 5 atom stereocenters. The van der Waals surface area contributed by atoms with E-state index >= 15 is 0 Å². The smallest absolute Gasteiger partial charge is 0.306 e. The number of ether oxygens (including phenoxy) is 3. The number of amides is 1. The monoisotopic (exact) mass is 425 g/mol. The highest BCUT2D eigenvalue weighted by atomic mass is 16.7. The number of esters is 1. The summed E-state index contributed by atoms with van der Waals surface area (Å²) in [6, 6.07) is 9.42. The van der Waals surface area contributed by atoms with E-state index in [0.717, 1.165) is 5.56 Å². The van der Waals surface area contributed by atoms with E-state index in [2.05, 4.69) is 5.32 Å². The van der Waals surface area contributed by atoms with Crippen LogP contribution in [-0.2, 0) is 30.4 Å². The Hall–Kier alpha value is -2.04. The van der Waals surface area contributed by atoms with E-state index in [1.807, 2.05) is 30.3 Å². The number of rotatable bonds is 11. The minimum atomic E-state index is -1.37. The molecule has 1 saturated heterocycles. The van der Waals surface area contributed by atoms with E-state index in [1.165, 1.54) is 0 Å². The van der Waals surface area contributed by atoms with Crippen LogP contribution in [0.2, 0.25) is 0 Å². The van der Waals surface area contributed by atoms with Crippen molar-refractivity contribution in [2.45, 2.75) is 69.9 Å². The summed E-state index contributed by atoms with van der Waals surface area (Å²) in [6.07, 6.45) is -4.02. The number of carbonyl (C=O) groups is 2. The minimum absolute atomic E-state index is 0.0782. The van der Waals surface area contributed by atoms with Gasteiger partial charge in [0, 0.05) is 19.4 Å². The summed E-state index contributed by atoms with van der Waals surface area (Å²) in [7, 11) is 0. The molecule has 1 fully saturated rings. The predicted molar refractivity (Wildman–Crippen MR) is 106 cm³/mol. The fourth-order valence-electron chi connectivity index (χ4n) is 2.97. The molecule has 0 saturated carbocycles. The van der Waals surface area contributed by atoms with Crippen LogP contribution in [0.3, 0.4) is 0 Å².